The third-order valence-electron chi connectivity index (χ3n) is 6.04. The molecule has 32 heavy (non-hydrogen) atoms. The zero-order chi connectivity index (χ0) is 22.3. The van der Waals surface area contributed by atoms with Gasteiger partial charge in [-0.1, -0.05) is 42.5 Å². The Morgan fingerprint density at radius 3 is 2.66 bits per heavy atom. The predicted molar refractivity (Wildman–Crippen MR) is 123 cm³/mol. The van der Waals surface area contributed by atoms with Gasteiger partial charge in [0.25, 0.3) is 5.91 Å². The van der Waals surface area contributed by atoms with Crippen LogP contribution >= 0.6 is 0 Å². The third-order valence-corrected chi connectivity index (χ3v) is 6.04. The molecule has 1 amide bonds. The van der Waals surface area contributed by atoms with Gasteiger partial charge in [0.15, 0.2) is 0 Å². The quantitative estimate of drug-likeness (QED) is 0.606. The van der Waals surface area contributed by atoms with Crippen LogP contribution < -0.4 is 5.32 Å². The minimum absolute atomic E-state index is 0.216. The van der Waals surface area contributed by atoms with Crippen molar-refractivity contribution in [2.24, 2.45) is 0 Å². The molecule has 166 valence electrons. The summed E-state index contributed by atoms with van der Waals surface area (Å²) in [4.78, 5) is 24.3. The molecule has 6 heteroatoms. The molecule has 1 aromatic heterocycles. The number of halogens is 1. The van der Waals surface area contributed by atoms with E-state index < -0.39 is 0 Å². The van der Waals surface area contributed by atoms with Gasteiger partial charge in [-0.25, -0.2) is 14.4 Å². The van der Waals surface area contributed by atoms with Gasteiger partial charge in [-0.15, -0.1) is 0 Å². The summed E-state index contributed by atoms with van der Waals surface area (Å²) in [6, 6.07) is 16.7. The number of aryl methyl sites for hydroxylation is 1. The van der Waals surface area contributed by atoms with E-state index >= 15 is 0 Å². The Morgan fingerprint density at radius 2 is 1.91 bits per heavy atom. The lowest BCUT2D eigenvalue weighted by molar-refractivity contribution is 0.0949. The normalized spacial score (nSPS) is 16.6. The molecule has 0 saturated carbocycles. The molecule has 1 saturated heterocycles. The van der Waals surface area contributed by atoms with E-state index in [1.807, 2.05) is 13.0 Å². The number of hydrogen-bond acceptors (Lipinski definition) is 4. The van der Waals surface area contributed by atoms with Crippen LogP contribution in [0.4, 0.5) is 4.39 Å². The van der Waals surface area contributed by atoms with Crippen LogP contribution in [0, 0.1) is 12.7 Å². The Balaban J connectivity index is 1.34. The molecule has 0 radical (unpaired) electrons. The van der Waals surface area contributed by atoms with Crippen LogP contribution in [0.3, 0.4) is 0 Å². The molecule has 1 atom stereocenters. The van der Waals surface area contributed by atoms with Crippen LogP contribution in [0.15, 0.2) is 60.8 Å². The Hall–Kier alpha value is -3.12. The average Bonchev–Trinajstić information content (AvgIpc) is 2.83. The number of nitrogens with zero attached hydrogens (tertiary/aromatic N) is 3. The molecule has 1 aliphatic rings. The van der Waals surface area contributed by atoms with Crippen molar-refractivity contribution in [2.75, 3.05) is 19.6 Å². The topological polar surface area (TPSA) is 58.1 Å². The smallest absolute Gasteiger partial charge is 0.254 e. The molecule has 3 aromatic rings. The van der Waals surface area contributed by atoms with Crippen LogP contribution in [-0.2, 0) is 13.0 Å². The number of hydrogen-bond donors (Lipinski definition) is 1. The summed E-state index contributed by atoms with van der Waals surface area (Å²) in [5.74, 6) is 0.601. The van der Waals surface area contributed by atoms with E-state index in [2.05, 4.69) is 44.5 Å². The molecule has 1 fully saturated rings. The number of carbonyl (C=O) groups is 1. The minimum Gasteiger partial charge on any atom is -0.348 e. The predicted octanol–water partition coefficient (Wildman–Crippen LogP) is 4.28. The van der Waals surface area contributed by atoms with E-state index in [1.54, 1.807) is 18.3 Å². The molecular formula is C26H29FN4O. The summed E-state index contributed by atoms with van der Waals surface area (Å²) in [5, 5.41) is 2.86. The fourth-order valence-corrected chi connectivity index (χ4v) is 4.19. The first-order valence-corrected chi connectivity index (χ1v) is 11.2. The highest BCUT2D eigenvalue weighted by atomic mass is 19.1. The van der Waals surface area contributed by atoms with Gasteiger partial charge in [0.1, 0.15) is 11.6 Å². The number of likely N-dealkylation sites (tertiary alicyclic amines) is 1. The number of nitrogens with one attached hydrogen (secondary N) is 1. The Labute approximate surface area is 188 Å². The maximum Gasteiger partial charge on any atom is 0.254 e. The lowest BCUT2D eigenvalue weighted by atomic mass is 9.96. The van der Waals surface area contributed by atoms with Crippen molar-refractivity contribution in [1.29, 1.82) is 0 Å². The molecule has 0 spiro atoms. The molecule has 2 heterocycles. The van der Waals surface area contributed by atoms with Gasteiger partial charge in [-0.05, 0) is 56.0 Å². The fraction of sp³-hybridized carbons (Fsp3) is 0.346. The largest absolute Gasteiger partial charge is 0.348 e. The second-order valence-corrected chi connectivity index (χ2v) is 8.41. The van der Waals surface area contributed by atoms with Crippen molar-refractivity contribution in [3.63, 3.8) is 0 Å². The van der Waals surface area contributed by atoms with Crippen molar-refractivity contribution in [3.8, 4) is 0 Å². The number of amides is 1. The monoisotopic (exact) mass is 432 g/mol. The Kier molecular flexibility index (Phi) is 7.22. The molecule has 0 aliphatic carbocycles. The molecule has 0 bridgehead atoms. The van der Waals surface area contributed by atoms with Crippen molar-refractivity contribution >= 4 is 5.91 Å². The average molecular weight is 433 g/mol. The van der Waals surface area contributed by atoms with E-state index in [4.69, 9.17) is 0 Å². The molecule has 1 N–H and O–H groups in total. The summed E-state index contributed by atoms with van der Waals surface area (Å²) in [6.07, 6.45) is 4.88. The van der Waals surface area contributed by atoms with Gasteiger partial charge in [-0.3, -0.25) is 4.79 Å². The van der Waals surface area contributed by atoms with Gasteiger partial charge < -0.3 is 10.2 Å². The zero-order valence-corrected chi connectivity index (χ0v) is 18.4. The summed E-state index contributed by atoms with van der Waals surface area (Å²) in [6.45, 7) is 5.27. The van der Waals surface area contributed by atoms with Crippen LogP contribution in [0.5, 0.6) is 0 Å². The van der Waals surface area contributed by atoms with Gasteiger partial charge >= 0.3 is 0 Å². The molecule has 2 aromatic carbocycles. The molecular weight excluding hydrogens is 403 g/mol. The van der Waals surface area contributed by atoms with Crippen LogP contribution in [0.1, 0.15) is 51.8 Å². The lowest BCUT2D eigenvalue weighted by Crippen LogP contribution is -2.36. The van der Waals surface area contributed by atoms with E-state index in [9.17, 15) is 9.18 Å². The van der Waals surface area contributed by atoms with Crippen LogP contribution in [0.2, 0.25) is 0 Å². The summed E-state index contributed by atoms with van der Waals surface area (Å²) in [7, 11) is 0. The van der Waals surface area contributed by atoms with Crippen molar-refractivity contribution < 1.29 is 9.18 Å². The fourth-order valence-electron chi connectivity index (χ4n) is 4.19. The Bertz CT molecular complexity index is 1040. The van der Waals surface area contributed by atoms with Crippen LogP contribution in [0.25, 0.3) is 0 Å². The van der Waals surface area contributed by atoms with Gasteiger partial charge in [0.05, 0.1) is 11.3 Å². The summed E-state index contributed by atoms with van der Waals surface area (Å²) in [5.41, 5.74) is 3.37. The van der Waals surface area contributed by atoms with E-state index in [1.165, 1.54) is 17.7 Å². The molecule has 4 rings (SSSR count). The lowest BCUT2D eigenvalue weighted by Gasteiger charge is -2.32. The minimum atomic E-state index is -0.291. The number of benzene rings is 2. The SMILES string of the molecule is Cc1nc([C@@H]2CCCN(CCc3ccccc3)C2)ncc1C(=O)NCc1ccc(F)cc1. The van der Waals surface area contributed by atoms with E-state index in [0.717, 1.165) is 50.3 Å². The molecule has 5 nitrogen and oxygen atoms in total. The standard InChI is InChI=1S/C26H29FN4O/c1-19-24(26(32)29-16-21-9-11-23(27)12-10-21)17-28-25(30-19)22-8-5-14-31(18-22)15-13-20-6-3-2-4-7-20/h2-4,6-7,9-12,17,22H,5,8,13-16,18H2,1H3,(H,29,32)/t22-/m1/s1. The highest BCUT2D eigenvalue weighted by molar-refractivity contribution is 5.94. The van der Waals surface area contributed by atoms with Gasteiger partial charge in [-0.2, -0.15) is 0 Å². The van der Waals surface area contributed by atoms with Crippen molar-refractivity contribution in [2.45, 2.75) is 38.6 Å². The maximum atomic E-state index is 13.0. The number of aromatic nitrogens is 2. The first-order chi connectivity index (χ1) is 15.6. The maximum absolute atomic E-state index is 13.0. The highest BCUT2D eigenvalue weighted by Gasteiger charge is 2.24. The van der Waals surface area contributed by atoms with Crippen LogP contribution in [-0.4, -0.2) is 40.4 Å². The Morgan fingerprint density at radius 1 is 1.12 bits per heavy atom. The number of rotatable bonds is 7. The summed E-state index contributed by atoms with van der Waals surface area (Å²) < 4.78 is 13.0. The highest BCUT2D eigenvalue weighted by Crippen LogP contribution is 2.25. The first kappa shape index (κ1) is 22.1. The molecule has 1 aliphatic heterocycles. The van der Waals surface area contributed by atoms with E-state index in [0.29, 0.717) is 17.8 Å². The number of piperidine rings is 1. The summed E-state index contributed by atoms with van der Waals surface area (Å²) >= 11 is 0. The third kappa shape index (κ3) is 5.77. The first-order valence-electron chi connectivity index (χ1n) is 11.2. The van der Waals surface area contributed by atoms with Crippen molar-refractivity contribution in [1.82, 2.24) is 20.2 Å². The molecule has 0 unspecified atom stereocenters. The second kappa shape index (κ2) is 10.5. The second-order valence-electron chi connectivity index (χ2n) is 8.41. The van der Waals surface area contributed by atoms with Gasteiger partial charge in [0, 0.05) is 31.7 Å². The van der Waals surface area contributed by atoms with Gasteiger partial charge in [0.2, 0.25) is 0 Å². The van der Waals surface area contributed by atoms with Crippen molar-refractivity contribution in [3.05, 3.63) is 94.8 Å². The zero-order valence-electron chi connectivity index (χ0n) is 18.4. The van der Waals surface area contributed by atoms with E-state index in [-0.39, 0.29) is 17.6 Å². The number of carbonyl (C=O) groups excluding carboxylic acids is 1.